The van der Waals surface area contributed by atoms with E-state index < -0.39 is 35.2 Å². The smallest absolute Gasteiger partial charge is 0.352 e. The van der Waals surface area contributed by atoms with E-state index in [0.717, 1.165) is 17.0 Å². The first-order valence-electron chi connectivity index (χ1n) is 7.71. The lowest BCUT2D eigenvalue weighted by Gasteiger charge is -2.44. The lowest BCUT2D eigenvalue weighted by Crippen LogP contribution is -2.62. The fourth-order valence-corrected chi connectivity index (χ4v) is 2.97. The Morgan fingerprint density at radius 3 is 2.58 bits per heavy atom. The Morgan fingerprint density at radius 2 is 2.00 bits per heavy atom. The first-order valence-corrected chi connectivity index (χ1v) is 7.71. The molecule has 1 atom stereocenters. The summed E-state index contributed by atoms with van der Waals surface area (Å²) in [6, 6.07) is 3.13. The molecule has 1 saturated carbocycles. The van der Waals surface area contributed by atoms with Crippen molar-refractivity contribution in [3.05, 3.63) is 35.4 Å². The second-order valence-electron chi connectivity index (χ2n) is 6.24. The molecular formula is C16H17F4NO3. The van der Waals surface area contributed by atoms with Gasteiger partial charge in [0, 0.05) is 6.54 Å². The molecule has 2 aliphatic rings. The van der Waals surface area contributed by atoms with Crippen molar-refractivity contribution in [2.75, 3.05) is 19.7 Å². The molecule has 1 aromatic carbocycles. The quantitative estimate of drug-likeness (QED) is 0.855. The summed E-state index contributed by atoms with van der Waals surface area (Å²) in [5, 5.41) is 9.87. The second-order valence-corrected chi connectivity index (χ2v) is 6.24. The average molecular weight is 347 g/mol. The van der Waals surface area contributed by atoms with Gasteiger partial charge in [-0.1, -0.05) is 6.07 Å². The Kier molecular flexibility index (Phi) is 4.29. The van der Waals surface area contributed by atoms with Gasteiger partial charge in [0.05, 0.1) is 13.2 Å². The van der Waals surface area contributed by atoms with Crippen molar-refractivity contribution < 1.29 is 32.2 Å². The summed E-state index contributed by atoms with van der Waals surface area (Å²) in [7, 11) is 0. The van der Waals surface area contributed by atoms with E-state index in [1.165, 1.54) is 6.07 Å². The first-order chi connectivity index (χ1) is 11.2. The van der Waals surface area contributed by atoms with Crippen LogP contribution in [0.15, 0.2) is 18.2 Å². The molecule has 1 heterocycles. The number of carbonyl (C=O) groups excluding carboxylic acids is 1. The highest BCUT2D eigenvalue weighted by molar-refractivity contribution is 5.85. The van der Waals surface area contributed by atoms with Gasteiger partial charge in [0.15, 0.2) is 11.6 Å². The summed E-state index contributed by atoms with van der Waals surface area (Å²) in [4.78, 5) is 13.1. The molecule has 24 heavy (non-hydrogen) atoms. The van der Waals surface area contributed by atoms with Crippen LogP contribution in [-0.4, -0.2) is 47.1 Å². The van der Waals surface area contributed by atoms with Crippen LogP contribution >= 0.6 is 0 Å². The zero-order valence-corrected chi connectivity index (χ0v) is 12.8. The third-order valence-electron chi connectivity index (χ3n) is 4.70. The summed E-state index contributed by atoms with van der Waals surface area (Å²) < 4.78 is 60.3. The van der Waals surface area contributed by atoms with Gasteiger partial charge < -0.3 is 14.7 Å². The number of halogens is 4. The van der Waals surface area contributed by atoms with Crippen molar-refractivity contribution in [3.8, 4) is 0 Å². The van der Waals surface area contributed by atoms with E-state index in [1.807, 2.05) is 0 Å². The van der Waals surface area contributed by atoms with Crippen LogP contribution in [0, 0.1) is 11.6 Å². The van der Waals surface area contributed by atoms with Crippen LogP contribution in [-0.2, 0) is 9.53 Å². The van der Waals surface area contributed by atoms with Crippen molar-refractivity contribution in [1.29, 1.82) is 0 Å². The molecule has 1 aromatic rings. The van der Waals surface area contributed by atoms with Gasteiger partial charge in [0.2, 0.25) is 0 Å². The highest BCUT2D eigenvalue weighted by Gasteiger charge is 2.62. The number of amides is 1. The van der Waals surface area contributed by atoms with Gasteiger partial charge in [-0.2, -0.15) is 8.78 Å². The fourth-order valence-electron chi connectivity index (χ4n) is 2.97. The standard InChI is InChI=1S/C16H17F4NO3/c17-11-3-2-10(8-12(11)18)13-9-21(6-7-24-13)14(22)16(19,20)15(23)4-1-5-15/h2-3,8,13,23H,1,4-7,9H2. The predicted molar refractivity (Wildman–Crippen MR) is 75.4 cm³/mol. The van der Waals surface area contributed by atoms with Crippen LogP contribution < -0.4 is 0 Å². The van der Waals surface area contributed by atoms with Gasteiger partial charge in [-0.3, -0.25) is 4.79 Å². The Bertz CT molecular complexity index is 648. The zero-order valence-electron chi connectivity index (χ0n) is 12.8. The van der Waals surface area contributed by atoms with Gasteiger partial charge >= 0.3 is 5.92 Å². The molecule has 0 aromatic heterocycles. The number of hydrogen-bond donors (Lipinski definition) is 1. The molecule has 3 rings (SSSR count). The van der Waals surface area contributed by atoms with Crippen molar-refractivity contribution in [3.63, 3.8) is 0 Å². The molecule has 0 spiro atoms. The van der Waals surface area contributed by atoms with Gasteiger partial charge in [-0.15, -0.1) is 0 Å². The Hall–Kier alpha value is -1.67. The van der Waals surface area contributed by atoms with Crippen LogP contribution in [0.25, 0.3) is 0 Å². The van der Waals surface area contributed by atoms with Crippen molar-refractivity contribution in [1.82, 2.24) is 4.90 Å². The number of benzene rings is 1. The molecule has 1 aliphatic heterocycles. The van der Waals surface area contributed by atoms with Crippen molar-refractivity contribution in [2.45, 2.75) is 36.9 Å². The molecule has 1 saturated heterocycles. The average Bonchev–Trinajstić information content (AvgIpc) is 2.54. The molecular weight excluding hydrogens is 330 g/mol. The largest absolute Gasteiger partial charge is 0.383 e. The molecule has 0 radical (unpaired) electrons. The number of alkyl halides is 2. The summed E-state index contributed by atoms with van der Waals surface area (Å²) >= 11 is 0. The van der Waals surface area contributed by atoms with Crippen molar-refractivity contribution in [2.24, 2.45) is 0 Å². The lowest BCUT2D eigenvalue weighted by molar-refractivity contribution is -0.226. The topological polar surface area (TPSA) is 49.8 Å². The number of nitrogens with zero attached hydrogens (tertiary/aromatic N) is 1. The van der Waals surface area contributed by atoms with Crippen LogP contribution in [0.5, 0.6) is 0 Å². The Balaban J connectivity index is 1.75. The van der Waals surface area contributed by atoms with Gasteiger partial charge in [-0.25, -0.2) is 8.78 Å². The zero-order chi connectivity index (χ0) is 17.5. The van der Waals surface area contributed by atoms with E-state index in [0.29, 0.717) is 6.42 Å². The minimum absolute atomic E-state index is 0.0100. The third-order valence-corrected chi connectivity index (χ3v) is 4.70. The molecule has 1 unspecified atom stereocenters. The molecule has 1 N–H and O–H groups in total. The molecule has 2 fully saturated rings. The predicted octanol–water partition coefficient (Wildman–Crippen LogP) is 2.42. The highest BCUT2D eigenvalue weighted by Crippen LogP contribution is 2.45. The van der Waals surface area contributed by atoms with E-state index in [9.17, 15) is 27.5 Å². The summed E-state index contributed by atoms with van der Waals surface area (Å²) in [5.41, 5.74) is -2.03. The van der Waals surface area contributed by atoms with E-state index in [4.69, 9.17) is 4.74 Å². The monoisotopic (exact) mass is 347 g/mol. The van der Waals surface area contributed by atoms with E-state index in [2.05, 4.69) is 0 Å². The van der Waals surface area contributed by atoms with Crippen LogP contribution in [0.2, 0.25) is 0 Å². The van der Waals surface area contributed by atoms with Crippen LogP contribution in [0.3, 0.4) is 0 Å². The number of ether oxygens (including phenoxy) is 1. The normalized spacial score (nSPS) is 23.7. The van der Waals surface area contributed by atoms with Crippen LogP contribution in [0.4, 0.5) is 17.6 Å². The Morgan fingerprint density at radius 1 is 1.29 bits per heavy atom. The molecule has 132 valence electrons. The molecule has 8 heteroatoms. The molecule has 0 bridgehead atoms. The maximum atomic E-state index is 14.3. The number of carbonyl (C=O) groups is 1. The van der Waals surface area contributed by atoms with Gasteiger partial charge in [0.25, 0.3) is 5.91 Å². The summed E-state index contributed by atoms with van der Waals surface area (Å²) in [6.45, 7) is -0.274. The lowest BCUT2D eigenvalue weighted by atomic mass is 9.75. The summed E-state index contributed by atoms with van der Waals surface area (Å²) in [5.74, 6) is -7.43. The summed E-state index contributed by atoms with van der Waals surface area (Å²) in [6.07, 6.45) is -0.629. The second kappa shape index (κ2) is 6.00. The maximum absolute atomic E-state index is 14.3. The van der Waals surface area contributed by atoms with Gasteiger partial charge in [-0.05, 0) is 37.0 Å². The first kappa shape index (κ1) is 17.2. The number of aliphatic hydroxyl groups is 1. The third kappa shape index (κ3) is 2.77. The minimum Gasteiger partial charge on any atom is -0.383 e. The highest BCUT2D eigenvalue weighted by atomic mass is 19.3. The van der Waals surface area contributed by atoms with E-state index in [1.54, 1.807) is 0 Å². The van der Waals surface area contributed by atoms with E-state index in [-0.39, 0.29) is 38.1 Å². The van der Waals surface area contributed by atoms with Crippen LogP contribution in [0.1, 0.15) is 30.9 Å². The number of hydrogen-bond acceptors (Lipinski definition) is 3. The molecule has 1 aliphatic carbocycles. The maximum Gasteiger partial charge on any atom is 0.352 e. The number of rotatable bonds is 3. The fraction of sp³-hybridized carbons (Fsp3) is 0.562. The molecule has 1 amide bonds. The Labute approximate surface area is 136 Å². The van der Waals surface area contributed by atoms with Gasteiger partial charge in [0.1, 0.15) is 11.7 Å². The molecule has 4 nitrogen and oxygen atoms in total. The SMILES string of the molecule is O=C(N1CCOC(c2ccc(F)c(F)c2)C1)C(F)(F)C1(O)CCC1. The van der Waals surface area contributed by atoms with E-state index >= 15 is 0 Å². The number of morpholine rings is 1. The minimum atomic E-state index is -3.87. The van der Waals surface area contributed by atoms with Crippen molar-refractivity contribution >= 4 is 5.91 Å².